The fourth-order valence-electron chi connectivity index (χ4n) is 3.27. The molecule has 2 atom stereocenters. The minimum Gasteiger partial charge on any atom is -0.468 e. The van der Waals surface area contributed by atoms with Gasteiger partial charge in [-0.3, -0.25) is 4.79 Å². The van der Waals surface area contributed by atoms with Crippen LogP contribution in [-0.2, 0) is 6.73 Å². The molecule has 7 heteroatoms. The first-order chi connectivity index (χ1) is 11.9. The van der Waals surface area contributed by atoms with Crippen LogP contribution < -0.4 is 4.74 Å². The van der Waals surface area contributed by atoms with Crippen molar-refractivity contribution in [1.82, 2.24) is 14.7 Å². The smallest absolute Gasteiger partial charge is 0.274 e. The minimum absolute atomic E-state index is 0.0662. The molecule has 25 heavy (non-hydrogen) atoms. The summed E-state index contributed by atoms with van der Waals surface area (Å²) in [5.74, 6) is -0.672. The van der Waals surface area contributed by atoms with E-state index < -0.39 is 11.6 Å². The summed E-state index contributed by atoms with van der Waals surface area (Å²) in [6, 6.07) is 4.72. The van der Waals surface area contributed by atoms with Crippen LogP contribution in [0.4, 0.5) is 8.78 Å². The summed E-state index contributed by atoms with van der Waals surface area (Å²) in [4.78, 5) is 14.4. The predicted molar refractivity (Wildman–Crippen MR) is 88.1 cm³/mol. The second-order valence-corrected chi connectivity index (χ2v) is 6.74. The quantitative estimate of drug-likeness (QED) is 0.851. The molecule has 2 heterocycles. The Morgan fingerprint density at radius 2 is 1.96 bits per heavy atom. The summed E-state index contributed by atoms with van der Waals surface area (Å²) in [5, 5.41) is 4.20. The van der Waals surface area contributed by atoms with Crippen LogP contribution in [0.25, 0.3) is 0 Å². The normalized spacial score (nSPS) is 20.6. The Bertz CT molecular complexity index is 753. The van der Waals surface area contributed by atoms with Gasteiger partial charge in [-0.1, -0.05) is 13.8 Å². The second kappa shape index (κ2) is 7.21. The first-order valence-electron chi connectivity index (χ1n) is 8.33. The zero-order valence-corrected chi connectivity index (χ0v) is 14.3. The molecule has 1 aromatic heterocycles. The standard InChI is InChI=1S/C18H21F2N3O2/c1-12-7-13(2)10-22(9-12)18(24)16-5-6-23(21-16)11-25-17-4-3-14(19)8-15(17)20/h3-6,8,12-13H,7,9-11H2,1-2H3/t12-,13+. The van der Waals surface area contributed by atoms with Crippen molar-refractivity contribution < 1.29 is 18.3 Å². The number of likely N-dealkylation sites (tertiary alicyclic amines) is 1. The molecule has 5 nitrogen and oxygen atoms in total. The van der Waals surface area contributed by atoms with Crippen LogP contribution in [0.5, 0.6) is 5.75 Å². The average Bonchev–Trinajstić information content (AvgIpc) is 3.01. The number of ether oxygens (including phenoxy) is 1. The third kappa shape index (κ3) is 4.15. The van der Waals surface area contributed by atoms with E-state index >= 15 is 0 Å². The molecule has 0 radical (unpaired) electrons. The molecule has 2 aromatic rings. The lowest BCUT2D eigenvalue weighted by molar-refractivity contribution is 0.0615. The van der Waals surface area contributed by atoms with Crippen LogP contribution in [-0.4, -0.2) is 33.7 Å². The third-order valence-corrected chi connectivity index (χ3v) is 4.26. The number of carbonyl (C=O) groups is 1. The molecule has 1 aliphatic rings. The summed E-state index contributed by atoms with van der Waals surface area (Å²) in [7, 11) is 0. The van der Waals surface area contributed by atoms with Gasteiger partial charge in [-0.25, -0.2) is 13.5 Å². The molecule has 134 valence electrons. The highest BCUT2D eigenvalue weighted by atomic mass is 19.1. The van der Waals surface area contributed by atoms with Crippen LogP contribution in [0.15, 0.2) is 30.5 Å². The molecule has 3 rings (SSSR count). The molecule has 0 unspecified atom stereocenters. The fraction of sp³-hybridized carbons (Fsp3) is 0.444. The number of halogens is 2. The van der Waals surface area contributed by atoms with Crippen molar-refractivity contribution in [2.45, 2.75) is 27.0 Å². The minimum atomic E-state index is -0.778. The Hall–Kier alpha value is -2.44. The number of carbonyl (C=O) groups excluding carboxylic acids is 1. The fourth-order valence-corrected chi connectivity index (χ4v) is 3.27. The average molecular weight is 349 g/mol. The van der Waals surface area contributed by atoms with Crippen LogP contribution >= 0.6 is 0 Å². The van der Waals surface area contributed by atoms with Crippen LogP contribution in [0.3, 0.4) is 0 Å². The highest BCUT2D eigenvalue weighted by Crippen LogP contribution is 2.22. The van der Waals surface area contributed by atoms with Gasteiger partial charge in [-0.05, 0) is 36.5 Å². The maximum atomic E-state index is 13.5. The number of rotatable bonds is 4. The van der Waals surface area contributed by atoms with Gasteiger partial charge < -0.3 is 9.64 Å². The molecule has 0 bridgehead atoms. The first-order valence-corrected chi connectivity index (χ1v) is 8.33. The number of hydrogen-bond acceptors (Lipinski definition) is 3. The summed E-state index contributed by atoms with van der Waals surface area (Å²) in [5.41, 5.74) is 0.337. The van der Waals surface area contributed by atoms with Gasteiger partial charge in [-0.2, -0.15) is 5.10 Å². The van der Waals surface area contributed by atoms with Gasteiger partial charge in [0.2, 0.25) is 0 Å². The monoisotopic (exact) mass is 349 g/mol. The van der Waals surface area contributed by atoms with Crippen LogP contribution in [0, 0.1) is 23.5 Å². The molecule has 0 saturated carbocycles. The molecule has 0 N–H and O–H groups in total. The van der Waals surface area contributed by atoms with E-state index in [0.29, 0.717) is 17.5 Å². The summed E-state index contributed by atoms with van der Waals surface area (Å²) in [6.07, 6.45) is 2.72. The lowest BCUT2D eigenvalue weighted by Crippen LogP contribution is -2.42. The molecule has 1 aliphatic heterocycles. The number of hydrogen-bond donors (Lipinski definition) is 0. The van der Waals surface area contributed by atoms with Crippen molar-refractivity contribution >= 4 is 5.91 Å². The van der Waals surface area contributed by atoms with Gasteiger partial charge >= 0.3 is 0 Å². The maximum Gasteiger partial charge on any atom is 0.274 e. The van der Waals surface area contributed by atoms with E-state index in [1.807, 2.05) is 4.90 Å². The van der Waals surface area contributed by atoms with Crippen molar-refractivity contribution in [3.05, 3.63) is 47.8 Å². The highest BCUT2D eigenvalue weighted by Gasteiger charge is 2.27. The topological polar surface area (TPSA) is 47.4 Å². The lowest BCUT2D eigenvalue weighted by atomic mass is 9.92. The summed E-state index contributed by atoms with van der Waals surface area (Å²) in [6.45, 7) is 5.67. The molecular weight excluding hydrogens is 328 g/mol. The van der Waals surface area contributed by atoms with E-state index in [9.17, 15) is 13.6 Å². The third-order valence-electron chi connectivity index (χ3n) is 4.26. The molecule has 1 aromatic carbocycles. The molecule has 1 fully saturated rings. The molecule has 0 spiro atoms. The second-order valence-electron chi connectivity index (χ2n) is 6.74. The highest BCUT2D eigenvalue weighted by molar-refractivity contribution is 5.92. The Labute approximate surface area is 145 Å². The zero-order chi connectivity index (χ0) is 18.0. The van der Waals surface area contributed by atoms with Crippen molar-refractivity contribution in [2.75, 3.05) is 13.1 Å². The van der Waals surface area contributed by atoms with Crippen molar-refractivity contribution in [3.63, 3.8) is 0 Å². The zero-order valence-electron chi connectivity index (χ0n) is 14.3. The summed E-state index contributed by atoms with van der Waals surface area (Å²) < 4.78 is 33.1. The predicted octanol–water partition coefficient (Wildman–Crippen LogP) is 3.32. The summed E-state index contributed by atoms with van der Waals surface area (Å²) >= 11 is 0. The Kier molecular flexibility index (Phi) is 5.01. The van der Waals surface area contributed by atoms with E-state index in [4.69, 9.17) is 4.74 Å². The number of benzene rings is 1. The van der Waals surface area contributed by atoms with Crippen LogP contribution in [0.1, 0.15) is 30.8 Å². The van der Waals surface area contributed by atoms with E-state index in [2.05, 4.69) is 18.9 Å². The number of nitrogens with zero attached hydrogens (tertiary/aromatic N) is 3. The number of piperidine rings is 1. The first kappa shape index (κ1) is 17.4. The number of amides is 1. The van der Waals surface area contributed by atoms with E-state index in [-0.39, 0.29) is 18.4 Å². The van der Waals surface area contributed by atoms with E-state index in [0.717, 1.165) is 31.6 Å². The number of aromatic nitrogens is 2. The van der Waals surface area contributed by atoms with Gasteiger partial charge in [0.1, 0.15) is 5.82 Å². The SMILES string of the molecule is C[C@@H]1C[C@H](C)CN(C(=O)c2ccn(COc3ccc(F)cc3F)n2)C1. The van der Waals surface area contributed by atoms with E-state index in [1.165, 1.54) is 10.7 Å². The van der Waals surface area contributed by atoms with Gasteiger partial charge in [-0.15, -0.1) is 0 Å². The van der Waals surface area contributed by atoms with Gasteiger partial charge in [0, 0.05) is 25.4 Å². The van der Waals surface area contributed by atoms with Crippen molar-refractivity contribution in [2.24, 2.45) is 11.8 Å². The van der Waals surface area contributed by atoms with Crippen molar-refractivity contribution in [1.29, 1.82) is 0 Å². The Balaban J connectivity index is 1.63. The van der Waals surface area contributed by atoms with Crippen LogP contribution in [0.2, 0.25) is 0 Å². The Morgan fingerprint density at radius 1 is 1.24 bits per heavy atom. The van der Waals surface area contributed by atoms with E-state index in [1.54, 1.807) is 12.3 Å². The molecular formula is C18H21F2N3O2. The lowest BCUT2D eigenvalue weighted by Gasteiger charge is -2.34. The molecule has 1 saturated heterocycles. The maximum absolute atomic E-state index is 13.5. The largest absolute Gasteiger partial charge is 0.468 e. The van der Waals surface area contributed by atoms with Gasteiger partial charge in [0.25, 0.3) is 5.91 Å². The van der Waals surface area contributed by atoms with Gasteiger partial charge in [0.05, 0.1) is 0 Å². The Morgan fingerprint density at radius 3 is 2.64 bits per heavy atom. The molecule has 0 aliphatic carbocycles. The molecule has 1 amide bonds. The van der Waals surface area contributed by atoms with Crippen molar-refractivity contribution in [3.8, 4) is 5.75 Å². The van der Waals surface area contributed by atoms with Gasteiger partial charge in [0.15, 0.2) is 24.0 Å².